The highest BCUT2D eigenvalue weighted by Crippen LogP contribution is 2.34. The molecule has 27 heavy (non-hydrogen) atoms. The molecule has 1 unspecified atom stereocenters. The van der Waals surface area contributed by atoms with Crippen molar-refractivity contribution in [2.24, 2.45) is 0 Å². The minimum absolute atomic E-state index is 0.0187. The van der Waals surface area contributed by atoms with Gasteiger partial charge >= 0.3 is 0 Å². The monoisotopic (exact) mass is 362 g/mol. The normalized spacial score (nSPS) is 16.3. The molecule has 1 aromatic heterocycles. The lowest BCUT2D eigenvalue weighted by molar-refractivity contribution is 0.590. The van der Waals surface area contributed by atoms with Crippen LogP contribution >= 0.6 is 0 Å². The summed E-state index contributed by atoms with van der Waals surface area (Å²) in [6, 6.07) is 13.0. The molecule has 0 aliphatic carbocycles. The average molecular weight is 362 g/mol. The summed E-state index contributed by atoms with van der Waals surface area (Å²) in [6.45, 7) is 7.03. The second-order valence-electron chi connectivity index (χ2n) is 7.18. The van der Waals surface area contributed by atoms with E-state index in [2.05, 4.69) is 36.7 Å². The zero-order valence-electron chi connectivity index (χ0n) is 15.8. The second-order valence-corrected chi connectivity index (χ2v) is 7.18. The van der Waals surface area contributed by atoms with E-state index in [0.29, 0.717) is 11.6 Å². The van der Waals surface area contributed by atoms with Gasteiger partial charge in [-0.2, -0.15) is 0 Å². The fourth-order valence-corrected chi connectivity index (χ4v) is 3.81. The fraction of sp³-hybridized carbons (Fsp3) is 0.273. The third-order valence-electron chi connectivity index (χ3n) is 5.52. The third-order valence-corrected chi connectivity index (χ3v) is 5.52. The maximum atomic E-state index is 13.8. The molecule has 3 aromatic rings. The van der Waals surface area contributed by atoms with Crippen molar-refractivity contribution in [1.29, 1.82) is 0 Å². The quantitative estimate of drug-likeness (QED) is 0.723. The first-order chi connectivity index (χ1) is 12.9. The summed E-state index contributed by atoms with van der Waals surface area (Å²) >= 11 is 0. The van der Waals surface area contributed by atoms with Crippen molar-refractivity contribution < 1.29 is 4.39 Å². The van der Waals surface area contributed by atoms with Crippen LogP contribution in [0.5, 0.6) is 0 Å². The minimum Gasteiger partial charge on any atom is -0.384 e. The van der Waals surface area contributed by atoms with Gasteiger partial charge < -0.3 is 10.6 Å². The molecule has 0 spiro atoms. The van der Waals surface area contributed by atoms with Crippen LogP contribution in [-0.4, -0.2) is 16.5 Å². The Morgan fingerprint density at radius 2 is 1.93 bits per heavy atom. The number of fused-ring (bicyclic) bond motifs is 1. The first-order valence-corrected chi connectivity index (χ1v) is 9.20. The predicted octanol–water partition coefficient (Wildman–Crippen LogP) is 4.61. The van der Waals surface area contributed by atoms with Gasteiger partial charge in [0.15, 0.2) is 5.82 Å². The highest BCUT2D eigenvalue weighted by molar-refractivity contribution is 5.66. The highest BCUT2D eigenvalue weighted by atomic mass is 19.1. The average Bonchev–Trinajstić information content (AvgIpc) is 2.64. The number of nitrogens with zero attached hydrogens (tertiary/aromatic N) is 3. The van der Waals surface area contributed by atoms with Gasteiger partial charge in [-0.1, -0.05) is 24.3 Å². The molecule has 2 N–H and O–H groups in total. The molecule has 2 aromatic carbocycles. The molecule has 0 radical (unpaired) electrons. The molecule has 138 valence electrons. The number of aryl methyl sites for hydroxylation is 1. The van der Waals surface area contributed by atoms with Gasteiger partial charge in [0.1, 0.15) is 17.5 Å². The zero-order valence-corrected chi connectivity index (χ0v) is 15.8. The first-order valence-electron chi connectivity index (χ1n) is 9.20. The van der Waals surface area contributed by atoms with Gasteiger partial charge in [-0.25, -0.2) is 14.4 Å². The number of nitrogen functional groups attached to an aromatic ring is 1. The molecule has 1 atom stereocenters. The Balaban J connectivity index is 1.77. The van der Waals surface area contributed by atoms with Crippen molar-refractivity contribution in [1.82, 2.24) is 9.97 Å². The standard InChI is InChI=1S/C22H23FN4/c1-13-5-4-6-18(14(13)2)22-25-20(24)12-21(26-22)27-10-9-16-7-8-17(23)11-19(16)15(27)3/h4-8,11-12,15H,9-10H2,1-3H3,(H2,24,25,26). The Bertz CT molecular complexity index is 1020. The van der Waals surface area contributed by atoms with Gasteiger partial charge in [-0.05, 0) is 61.6 Å². The number of rotatable bonds is 2. The van der Waals surface area contributed by atoms with Crippen LogP contribution in [0.15, 0.2) is 42.5 Å². The molecule has 0 amide bonds. The van der Waals surface area contributed by atoms with E-state index < -0.39 is 0 Å². The lowest BCUT2D eigenvalue weighted by Crippen LogP contribution is -2.34. The topological polar surface area (TPSA) is 55.0 Å². The summed E-state index contributed by atoms with van der Waals surface area (Å²) in [5, 5.41) is 0. The third kappa shape index (κ3) is 3.14. The van der Waals surface area contributed by atoms with E-state index in [9.17, 15) is 4.39 Å². The predicted molar refractivity (Wildman–Crippen MR) is 107 cm³/mol. The van der Waals surface area contributed by atoms with Crippen LogP contribution in [0.25, 0.3) is 11.4 Å². The minimum atomic E-state index is -0.208. The number of hydrogen-bond donors (Lipinski definition) is 1. The Labute approximate surface area is 158 Å². The molecule has 0 saturated heterocycles. The van der Waals surface area contributed by atoms with E-state index >= 15 is 0 Å². The fourth-order valence-electron chi connectivity index (χ4n) is 3.81. The van der Waals surface area contributed by atoms with Crippen LogP contribution in [0.3, 0.4) is 0 Å². The summed E-state index contributed by atoms with van der Waals surface area (Å²) in [6.07, 6.45) is 0.850. The van der Waals surface area contributed by atoms with E-state index in [1.54, 1.807) is 12.1 Å². The highest BCUT2D eigenvalue weighted by Gasteiger charge is 2.26. The molecule has 0 saturated carbocycles. The zero-order chi connectivity index (χ0) is 19.1. The number of aromatic nitrogens is 2. The van der Waals surface area contributed by atoms with E-state index in [0.717, 1.165) is 35.5 Å². The molecule has 0 bridgehead atoms. The van der Waals surface area contributed by atoms with Gasteiger partial charge in [-0.3, -0.25) is 0 Å². The van der Waals surface area contributed by atoms with Crippen molar-refractivity contribution in [3.63, 3.8) is 0 Å². The smallest absolute Gasteiger partial charge is 0.164 e. The van der Waals surface area contributed by atoms with Crippen LogP contribution in [0.4, 0.5) is 16.0 Å². The van der Waals surface area contributed by atoms with Crippen LogP contribution in [0.2, 0.25) is 0 Å². The van der Waals surface area contributed by atoms with Crippen molar-refractivity contribution in [2.75, 3.05) is 17.2 Å². The Morgan fingerprint density at radius 1 is 1.11 bits per heavy atom. The molecule has 4 rings (SSSR count). The Morgan fingerprint density at radius 3 is 2.74 bits per heavy atom. The molecule has 2 heterocycles. The van der Waals surface area contributed by atoms with E-state index in [1.165, 1.54) is 17.2 Å². The Kier molecular flexibility index (Phi) is 4.30. The van der Waals surface area contributed by atoms with Gasteiger partial charge in [0, 0.05) is 18.2 Å². The van der Waals surface area contributed by atoms with Crippen molar-refractivity contribution in [2.45, 2.75) is 33.2 Å². The molecule has 0 fully saturated rings. The lowest BCUT2D eigenvalue weighted by atomic mass is 9.93. The van der Waals surface area contributed by atoms with Gasteiger partial charge in [0.25, 0.3) is 0 Å². The van der Waals surface area contributed by atoms with E-state index in [4.69, 9.17) is 10.7 Å². The molecule has 4 nitrogen and oxygen atoms in total. The molecule has 1 aliphatic heterocycles. The van der Waals surface area contributed by atoms with Gasteiger partial charge in [0.05, 0.1) is 6.04 Å². The number of benzene rings is 2. The maximum absolute atomic E-state index is 13.8. The first kappa shape index (κ1) is 17.5. The summed E-state index contributed by atoms with van der Waals surface area (Å²) < 4.78 is 13.8. The second kappa shape index (κ2) is 6.65. The lowest BCUT2D eigenvalue weighted by Gasteiger charge is -2.36. The maximum Gasteiger partial charge on any atom is 0.164 e. The number of nitrogens with two attached hydrogens (primary N) is 1. The summed E-state index contributed by atoms with van der Waals surface area (Å²) in [4.78, 5) is 11.5. The number of anilines is 2. The van der Waals surface area contributed by atoms with Gasteiger partial charge in [-0.15, -0.1) is 0 Å². The van der Waals surface area contributed by atoms with Crippen LogP contribution in [0, 0.1) is 19.7 Å². The summed E-state index contributed by atoms with van der Waals surface area (Å²) in [7, 11) is 0. The largest absolute Gasteiger partial charge is 0.384 e. The van der Waals surface area contributed by atoms with Crippen LogP contribution in [-0.2, 0) is 6.42 Å². The SMILES string of the molecule is Cc1cccc(-c2nc(N)cc(N3CCc4ccc(F)cc4C3C)n2)c1C. The molecular formula is C22H23FN4. The molecule has 5 heteroatoms. The number of hydrogen-bond acceptors (Lipinski definition) is 4. The van der Waals surface area contributed by atoms with Crippen LogP contribution in [0.1, 0.15) is 35.2 Å². The van der Waals surface area contributed by atoms with Gasteiger partial charge in [0.2, 0.25) is 0 Å². The van der Waals surface area contributed by atoms with Crippen LogP contribution < -0.4 is 10.6 Å². The number of halogens is 1. The summed E-state index contributed by atoms with van der Waals surface area (Å²) in [5.74, 6) is 1.64. The Hall–Kier alpha value is -2.95. The van der Waals surface area contributed by atoms with E-state index in [1.807, 2.05) is 18.2 Å². The summed E-state index contributed by atoms with van der Waals surface area (Å²) in [5.41, 5.74) is 11.6. The molecular weight excluding hydrogens is 339 g/mol. The van der Waals surface area contributed by atoms with Crippen molar-refractivity contribution in [3.05, 3.63) is 70.5 Å². The van der Waals surface area contributed by atoms with Crippen molar-refractivity contribution in [3.8, 4) is 11.4 Å². The molecule has 1 aliphatic rings. The van der Waals surface area contributed by atoms with E-state index in [-0.39, 0.29) is 11.9 Å². The van der Waals surface area contributed by atoms with Crippen molar-refractivity contribution >= 4 is 11.6 Å².